The molecule has 0 saturated carbocycles. The summed E-state index contributed by atoms with van der Waals surface area (Å²) in [7, 11) is 3.94. The van der Waals surface area contributed by atoms with Gasteiger partial charge in [0, 0.05) is 12.8 Å². The molecule has 0 heterocycles. The van der Waals surface area contributed by atoms with Crippen molar-refractivity contribution in [1.29, 1.82) is 0 Å². The van der Waals surface area contributed by atoms with E-state index in [4.69, 9.17) is 9.47 Å². The van der Waals surface area contributed by atoms with Crippen LogP contribution < -0.4 is 20.1 Å². The fraction of sp³-hybridized carbons (Fsp3) is 0.294. The maximum atomic E-state index is 6.19. The van der Waals surface area contributed by atoms with Crippen LogP contribution in [-0.4, -0.2) is 27.2 Å². The van der Waals surface area contributed by atoms with Crippen molar-refractivity contribution in [3.8, 4) is 11.5 Å². The summed E-state index contributed by atoms with van der Waals surface area (Å²) in [6.45, 7) is 6.03. The van der Waals surface area contributed by atoms with Gasteiger partial charge in [-0.15, -0.1) is 12.4 Å². The van der Waals surface area contributed by atoms with Gasteiger partial charge in [0.1, 0.15) is 23.7 Å². The number of halogens is 1. The lowest BCUT2D eigenvalue weighted by Gasteiger charge is -2.20. The Morgan fingerprint density at radius 3 is 1.18 bits per heavy atom. The van der Waals surface area contributed by atoms with Crippen molar-refractivity contribution in [3.05, 3.63) is 131 Å². The molecule has 0 aliphatic heterocycles. The van der Waals surface area contributed by atoms with Crippen LogP contribution in [0.2, 0.25) is 0 Å². The lowest BCUT2D eigenvalue weighted by molar-refractivity contribution is 0.193. The summed E-state index contributed by atoms with van der Waals surface area (Å²) in [6, 6.07) is 37.1. The summed E-state index contributed by atoms with van der Waals surface area (Å²) in [5.74, 6) is 1.93. The minimum absolute atomic E-state index is 0. The van der Waals surface area contributed by atoms with Crippen LogP contribution >= 0.6 is 12.4 Å². The Morgan fingerprint density at radius 1 is 0.513 bits per heavy atom. The number of para-hydroxylation sites is 2. The lowest BCUT2D eigenvalue weighted by atomic mass is 10.1. The van der Waals surface area contributed by atoms with E-state index in [1.165, 1.54) is 22.3 Å². The monoisotopic (exact) mass is 546 g/mol. The van der Waals surface area contributed by atoms with Gasteiger partial charge in [-0.05, 0) is 75.4 Å². The summed E-state index contributed by atoms with van der Waals surface area (Å²) in [5.41, 5.74) is 4.79. The molecule has 2 atom stereocenters. The van der Waals surface area contributed by atoms with Crippen molar-refractivity contribution >= 4 is 12.4 Å². The predicted molar refractivity (Wildman–Crippen MR) is 166 cm³/mol. The standard InChI is InChI=1S/2C17H21NO.ClH/c2*1-14-8-6-7-11-16(14)19-17(12-13-18-2)15-9-4-3-5-10-15;/h2*3-11,17-18H,12-13H2,1-2H3;1H/t2*17-;/m11./s1. The van der Waals surface area contributed by atoms with E-state index >= 15 is 0 Å². The average molecular weight is 547 g/mol. The topological polar surface area (TPSA) is 42.5 Å². The van der Waals surface area contributed by atoms with E-state index < -0.39 is 0 Å². The smallest absolute Gasteiger partial charge is 0.125 e. The van der Waals surface area contributed by atoms with E-state index in [1.807, 2.05) is 62.6 Å². The van der Waals surface area contributed by atoms with Gasteiger partial charge in [0.2, 0.25) is 0 Å². The first-order valence-electron chi connectivity index (χ1n) is 13.5. The molecule has 208 valence electrons. The van der Waals surface area contributed by atoms with Crippen molar-refractivity contribution in [1.82, 2.24) is 10.6 Å². The van der Waals surface area contributed by atoms with Crippen molar-refractivity contribution in [2.45, 2.75) is 38.9 Å². The largest absolute Gasteiger partial charge is 0.485 e. The Labute approximate surface area is 241 Å². The van der Waals surface area contributed by atoms with E-state index in [0.29, 0.717) is 0 Å². The Morgan fingerprint density at radius 2 is 0.846 bits per heavy atom. The highest BCUT2D eigenvalue weighted by Crippen LogP contribution is 2.28. The Bertz CT molecular complexity index is 1090. The van der Waals surface area contributed by atoms with Gasteiger partial charge < -0.3 is 20.1 Å². The van der Waals surface area contributed by atoms with Crippen molar-refractivity contribution in [3.63, 3.8) is 0 Å². The maximum absolute atomic E-state index is 6.19. The summed E-state index contributed by atoms with van der Waals surface area (Å²) < 4.78 is 12.4. The molecule has 0 spiro atoms. The Balaban J connectivity index is 0.000000267. The summed E-state index contributed by atoms with van der Waals surface area (Å²) in [5, 5.41) is 6.38. The third-order valence-corrected chi connectivity index (χ3v) is 6.38. The van der Waals surface area contributed by atoms with E-state index in [1.54, 1.807) is 0 Å². The molecule has 4 nitrogen and oxygen atoms in total. The second-order valence-electron chi connectivity index (χ2n) is 9.35. The summed E-state index contributed by atoms with van der Waals surface area (Å²) in [4.78, 5) is 0. The molecule has 0 aliphatic rings. The molecule has 0 saturated heterocycles. The van der Waals surface area contributed by atoms with E-state index in [2.05, 4.69) is 85.1 Å². The first-order chi connectivity index (χ1) is 18.6. The van der Waals surface area contributed by atoms with Gasteiger partial charge >= 0.3 is 0 Å². The highest BCUT2D eigenvalue weighted by molar-refractivity contribution is 5.85. The molecule has 0 unspecified atom stereocenters. The van der Waals surface area contributed by atoms with Gasteiger partial charge in [-0.2, -0.15) is 0 Å². The van der Waals surface area contributed by atoms with Crippen LogP contribution in [0.3, 0.4) is 0 Å². The van der Waals surface area contributed by atoms with Crippen molar-refractivity contribution in [2.75, 3.05) is 27.2 Å². The van der Waals surface area contributed by atoms with Crippen LogP contribution in [0.25, 0.3) is 0 Å². The minimum Gasteiger partial charge on any atom is -0.485 e. The molecule has 0 aliphatic carbocycles. The molecule has 4 aromatic rings. The quantitative estimate of drug-likeness (QED) is 0.190. The van der Waals surface area contributed by atoms with Gasteiger partial charge in [0.05, 0.1) is 0 Å². The highest BCUT2D eigenvalue weighted by atomic mass is 35.5. The number of hydrogen-bond acceptors (Lipinski definition) is 4. The molecule has 0 aromatic heterocycles. The summed E-state index contributed by atoms with van der Waals surface area (Å²) in [6.07, 6.45) is 2.09. The van der Waals surface area contributed by atoms with Crippen LogP contribution in [-0.2, 0) is 0 Å². The molecular formula is C34H43ClN2O2. The van der Waals surface area contributed by atoms with Gasteiger partial charge in [-0.25, -0.2) is 0 Å². The molecule has 4 rings (SSSR count). The van der Waals surface area contributed by atoms with Gasteiger partial charge in [0.25, 0.3) is 0 Å². The second kappa shape index (κ2) is 18.1. The molecule has 5 heteroatoms. The molecule has 0 radical (unpaired) electrons. The zero-order valence-electron chi connectivity index (χ0n) is 23.6. The first-order valence-corrected chi connectivity index (χ1v) is 13.5. The third-order valence-electron chi connectivity index (χ3n) is 6.38. The van der Waals surface area contributed by atoms with Crippen LogP contribution in [0.15, 0.2) is 109 Å². The normalized spacial score (nSPS) is 11.8. The lowest BCUT2D eigenvalue weighted by Crippen LogP contribution is -2.16. The van der Waals surface area contributed by atoms with Crippen LogP contribution in [0.5, 0.6) is 11.5 Å². The van der Waals surface area contributed by atoms with E-state index in [0.717, 1.165) is 37.4 Å². The minimum atomic E-state index is 0. The highest BCUT2D eigenvalue weighted by Gasteiger charge is 2.14. The fourth-order valence-corrected chi connectivity index (χ4v) is 4.16. The van der Waals surface area contributed by atoms with Crippen LogP contribution in [0, 0.1) is 13.8 Å². The van der Waals surface area contributed by atoms with Crippen LogP contribution in [0.1, 0.15) is 47.3 Å². The number of nitrogens with one attached hydrogen (secondary N) is 2. The zero-order chi connectivity index (χ0) is 27.0. The van der Waals surface area contributed by atoms with Gasteiger partial charge in [-0.1, -0.05) is 97.1 Å². The SMILES string of the molecule is CNCC[C@@H](Oc1ccccc1C)c1ccccc1.CNCC[C@@H](Oc1ccccc1C)c1ccccc1.Cl. The first kappa shape index (κ1) is 31.9. The number of rotatable bonds is 12. The molecule has 4 aromatic carbocycles. The number of ether oxygens (including phenoxy) is 2. The molecular weight excluding hydrogens is 504 g/mol. The molecule has 2 N–H and O–H groups in total. The van der Waals surface area contributed by atoms with Crippen molar-refractivity contribution in [2.24, 2.45) is 0 Å². The number of hydrogen-bond donors (Lipinski definition) is 2. The van der Waals surface area contributed by atoms with Crippen LogP contribution in [0.4, 0.5) is 0 Å². The van der Waals surface area contributed by atoms with Gasteiger partial charge in [0.15, 0.2) is 0 Å². The summed E-state index contributed by atoms with van der Waals surface area (Å²) >= 11 is 0. The Hall–Kier alpha value is -3.31. The van der Waals surface area contributed by atoms with E-state index in [9.17, 15) is 0 Å². The maximum Gasteiger partial charge on any atom is 0.125 e. The second-order valence-corrected chi connectivity index (χ2v) is 9.35. The number of benzene rings is 4. The van der Waals surface area contributed by atoms with Crippen molar-refractivity contribution < 1.29 is 9.47 Å². The predicted octanol–water partition coefficient (Wildman–Crippen LogP) is 7.87. The Kier molecular flexibility index (Phi) is 14.8. The van der Waals surface area contributed by atoms with Gasteiger partial charge in [-0.3, -0.25) is 0 Å². The molecule has 39 heavy (non-hydrogen) atoms. The molecule has 0 bridgehead atoms. The average Bonchev–Trinajstić information content (AvgIpc) is 2.96. The third kappa shape index (κ3) is 10.8. The molecule has 0 fully saturated rings. The number of aryl methyl sites for hydroxylation is 2. The molecule has 0 amide bonds. The fourth-order valence-electron chi connectivity index (χ4n) is 4.16. The zero-order valence-corrected chi connectivity index (χ0v) is 24.4. The van der Waals surface area contributed by atoms with E-state index in [-0.39, 0.29) is 24.6 Å².